The molecule has 484 valence electrons. The van der Waals surface area contributed by atoms with E-state index in [4.69, 9.17) is 4.74 Å². The van der Waals surface area contributed by atoms with Gasteiger partial charge in [-0.1, -0.05) is 371 Å². The summed E-state index contributed by atoms with van der Waals surface area (Å²) in [5, 5.41) is 23.3. The van der Waals surface area contributed by atoms with Crippen molar-refractivity contribution in [3.05, 3.63) is 36.5 Å². The average molecular weight is 1150 g/mol. The van der Waals surface area contributed by atoms with Gasteiger partial charge in [-0.2, -0.15) is 0 Å². The summed E-state index contributed by atoms with van der Waals surface area (Å²) in [6.07, 6.45) is 92.3. The number of allylic oxidation sites excluding steroid dienone is 5. The van der Waals surface area contributed by atoms with Crippen molar-refractivity contribution < 1.29 is 24.5 Å². The van der Waals surface area contributed by atoms with E-state index in [0.717, 1.165) is 44.9 Å². The number of unbranched alkanes of at least 4 members (excludes halogenated alkanes) is 55. The Morgan fingerprint density at radius 3 is 0.927 bits per heavy atom. The van der Waals surface area contributed by atoms with Crippen LogP contribution in [0.1, 0.15) is 412 Å². The second kappa shape index (κ2) is 71.6. The van der Waals surface area contributed by atoms with Gasteiger partial charge >= 0.3 is 5.97 Å². The third kappa shape index (κ3) is 67.2. The Hall–Kier alpha value is -1.92. The van der Waals surface area contributed by atoms with E-state index in [1.54, 1.807) is 6.08 Å². The third-order valence-corrected chi connectivity index (χ3v) is 17.4. The second-order valence-electron chi connectivity index (χ2n) is 25.6. The van der Waals surface area contributed by atoms with E-state index in [2.05, 4.69) is 43.5 Å². The number of hydrogen-bond acceptors (Lipinski definition) is 5. The highest BCUT2D eigenvalue weighted by Gasteiger charge is 2.18. The lowest BCUT2D eigenvalue weighted by atomic mass is 10.0. The molecule has 0 rings (SSSR count). The molecule has 6 heteroatoms. The van der Waals surface area contributed by atoms with Gasteiger partial charge in [-0.15, -0.1) is 0 Å². The zero-order valence-corrected chi connectivity index (χ0v) is 55.5. The number of aliphatic hydroxyl groups is 2. The molecular weight excluding hydrogens is 1010 g/mol. The lowest BCUT2D eigenvalue weighted by Gasteiger charge is -2.20. The Kier molecular flexibility index (Phi) is 69.9. The monoisotopic (exact) mass is 1150 g/mol. The molecule has 0 aromatic rings. The minimum absolute atomic E-state index is 0.0132. The molecule has 0 saturated heterocycles. The van der Waals surface area contributed by atoms with Crippen LogP contribution in [0.2, 0.25) is 0 Å². The molecule has 1 amide bonds. The van der Waals surface area contributed by atoms with Crippen molar-refractivity contribution in [3.63, 3.8) is 0 Å². The SMILES string of the molecule is CCCCCCCCCCCCCCCCCCCCCCC/C=C/C(O)C(CO)NC(=O)CCCCCCCCCCC/C=C\C/C=C\CCCCCCCCCCCOC(=O)CCCCCCCCCCCCCCCCCCC. The maximum Gasteiger partial charge on any atom is 0.305 e. The largest absolute Gasteiger partial charge is 0.466 e. The van der Waals surface area contributed by atoms with Crippen LogP contribution in [0.4, 0.5) is 0 Å². The standard InChI is InChI=1S/C76H145NO5/c1-3-5-7-9-11-13-15-17-19-21-22-23-27-30-33-37-40-44-48-52-56-60-64-68-74(79)73(72-78)77-75(80)69-65-61-57-53-49-45-41-38-34-31-28-25-24-26-29-32-35-39-43-47-51-55-59-63-67-71-82-76(81)70-66-62-58-54-50-46-42-36-20-18-16-14-12-10-8-6-4-2/h25-26,28-29,64,68,73-74,78-79H,3-24,27,30-63,65-67,69-72H2,1-2H3,(H,77,80)/b28-25-,29-26-,68-64+. The van der Waals surface area contributed by atoms with Gasteiger partial charge in [-0.3, -0.25) is 9.59 Å². The first kappa shape index (κ1) is 80.1. The molecule has 0 radical (unpaired) electrons. The number of nitrogens with one attached hydrogen (secondary N) is 1. The number of carbonyl (C=O) groups excluding carboxylic acids is 2. The molecule has 0 aromatic heterocycles. The minimum atomic E-state index is -0.850. The van der Waals surface area contributed by atoms with Crippen LogP contribution in [-0.4, -0.2) is 47.4 Å². The van der Waals surface area contributed by atoms with E-state index in [1.807, 2.05) is 6.08 Å². The first-order chi connectivity index (χ1) is 40.5. The quantitative estimate of drug-likeness (QED) is 0.0320. The summed E-state index contributed by atoms with van der Waals surface area (Å²) in [6, 6.07) is -0.634. The van der Waals surface area contributed by atoms with Crippen LogP contribution in [0.15, 0.2) is 36.5 Å². The molecule has 0 aliphatic carbocycles. The molecule has 0 heterocycles. The Labute approximate surface area is 513 Å². The van der Waals surface area contributed by atoms with Crippen molar-refractivity contribution in [1.82, 2.24) is 5.32 Å². The van der Waals surface area contributed by atoms with Gasteiger partial charge in [0.25, 0.3) is 0 Å². The summed E-state index contributed by atoms with van der Waals surface area (Å²) in [5.74, 6) is -0.0568. The number of ether oxygens (including phenoxy) is 1. The van der Waals surface area contributed by atoms with Crippen molar-refractivity contribution >= 4 is 11.9 Å². The van der Waals surface area contributed by atoms with E-state index in [1.165, 1.54) is 340 Å². The third-order valence-electron chi connectivity index (χ3n) is 17.4. The molecule has 6 nitrogen and oxygen atoms in total. The number of rotatable bonds is 70. The van der Waals surface area contributed by atoms with Gasteiger partial charge < -0.3 is 20.3 Å². The number of hydrogen-bond donors (Lipinski definition) is 3. The number of amides is 1. The highest BCUT2D eigenvalue weighted by Crippen LogP contribution is 2.19. The summed E-state index contributed by atoms with van der Waals surface area (Å²) in [5.41, 5.74) is 0. The first-order valence-corrected chi connectivity index (χ1v) is 37.3. The zero-order chi connectivity index (χ0) is 59.2. The van der Waals surface area contributed by atoms with Crippen molar-refractivity contribution in [2.24, 2.45) is 0 Å². The van der Waals surface area contributed by atoms with Gasteiger partial charge in [0, 0.05) is 12.8 Å². The van der Waals surface area contributed by atoms with Crippen LogP contribution in [0, 0.1) is 0 Å². The van der Waals surface area contributed by atoms with Crippen molar-refractivity contribution in [1.29, 1.82) is 0 Å². The Balaban J connectivity index is 3.44. The molecule has 0 bridgehead atoms. The maximum atomic E-state index is 12.5. The summed E-state index contributed by atoms with van der Waals surface area (Å²) in [6.45, 7) is 4.94. The lowest BCUT2D eigenvalue weighted by Crippen LogP contribution is -2.45. The van der Waals surface area contributed by atoms with Crippen molar-refractivity contribution in [3.8, 4) is 0 Å². The van der Waals surface area contributed by atoms with Crippen LogP contribution >= 0.6 is 0 Å². The van der Waals surface area contributed by atoms with Gasteiger partial charge in [0.1, 0.15) is 0 Å². The predicted molar refractivity (Wildman–Crippen MR) is 361 cm³/mol. The molecule has 0 fully saturated rings. The molecule has 2 unspecified atom stereocenters. The fraction of sp³-hybridized carbons (Fsp3) is 0.895. The topological polar surface area (TPSA) is 95.9 Å². The van der Waals surface area contributed by atoms with Crippen LogP contribution in [0.25, 0.3) is 0 Å². The number of esters is 1. The zero-order valence-electron chi connectivity index (χ0n) is 55.5. The molecule has 0 spiro atoms. The van der Waals surface area contributed by atoms with Crippen LogP contribution in [0.5, 0.6) is 0 Å². The van der Waals surface area contributed by atoms with E-state index < -0.39 is 12.1 Å². The van der Waals surface area contributed by atoms with Crippen LogP contribution < -0.4 is 5.32 Å². The maximum absolute atomic E-state index is 12.5. The van der Waals surface area contributed by atoms with E-state index >= 15 is 0 Å². The highest BCUT2D eigenvalue weighted by molar-refractivity contribution is 5.76. The van der Waals surface area contributed by atoms with E-state index in [-0.39, 0.29) is 18.5 Å². The number of aliphatic hydroxyl groups excluding tert-OH is 2. The Morgan fingerprint density at radius 2 is 0.610 bits per heavy atom. The fourth-order valence-electron chi connectivity index (χ4n) is 11.7. The van der Waals surface area contributed by atoms with E-state index in [0.29, 0.717) is 19.4 Å². The van der Waals surface area contributed by atoms with Crippen molar-refractivity contribution in [2.75, 3.05) is 13.2 Å². The Morgan fingerprint density at radius 1 is 0.341 bits per heavy atom. The molecule has 0 saturated carbocycles. The van der Waals surface area contributed by atoms with Crippen LogP contribution in [-0.2, 0) is 14.3 Å². The summed E-state index contributed by atoms with van der Waals surface area (Å²) < 4.78 is 5.50. The van der Waals surface area contributed by atoms with Gasteiger partial charge in [-0.05, 0) is 64.2 Å². The molecule has 0 aromatic carbocycles. The van der Waals surface area contributed by atoms with Crippen LogP contribution in [0.3, 0.4) is 0 Å². The molecule has 3 N–H and O–H groups in total. The molecular formula is C76H145NO5. The predicted octanol–water partition coefficient (Wildman–Crippen LogP) is 24.3. The summed E-state index contributed by atoms with van der Waals surface area (Å²) in [4.78, 5) is 24.6. The number of carbonyl (C=O) groups is 2. The van der Waals surface area contributed by atoms with Gasteiger partial charge in [-0.25, -0.2) is 0 Å². The lowest BCUT2D eigenvalue weighted by molar-refractivity contribution is -0.143. The van der Waals surface area contributed by atoms with E-state index in [9.17, 15) is 19.8 Å². The minimum Gasteiger partial charge on any atom is -0.466 e. The second-order valence-corrected chi connectivity index (χ2v) is 25.6. The Bertz CT molecular complexity index is 1330. The fourth-order valence-corrected chi connectivity index (χ4v) is 11.7. The van der Waals surface area contributed by atoms with Gasteiger partial charge in [0.2, 0.25) is 5.91 Å². The molecule has 0 aliphatic heterocycles. The average Bonchev–Trinajstić information content (AvgIpc) is 3.48. The molecule has 0 aliphatic rings. The van der Waals surface area contributed by atoms with Gasteiger partial charge in [0.15, 0.2) is 0 Å². The van der Waals surface area contributed by atoms with Gasteiger partial charge in [0.05, 0.1) is 25.4 Å². The van der Waals surface area contributed by atoms with Crippen molar-refractivity contribution in [2.45, 2.75) is 424 Å². The highest BCUT2D eigenvalue weighted by atomic mass is 16.5. The summed E-state index contributed by atoms with van der Waals surface area (Å²) >= 11 is 0. The normalized spacial score (nSPS) is 12.7. The summed E-state index contributed by atoms with van der Waals surface area (Å²) in [7, 11) is 0. The molecule has 2 atom stereocenters. The smallest absolute Gasteiger partial charge is 0.305 e. The molecule has 82 heavy (non-hydrogen) atoms. The first-order valence-electron chi connectivity index (χ1n) is 37.3.